The zero-order valence-corrected chi connectivity index (χ0v) is 20.7. The van der Waals surface area contributed by atoms with Crippen molar-refractivity contribution in [2.75, 3.05) is 13.2 Å². The van der Waals surface area contributed by atoms with Crippen molar-refractivity contribution in [1.29, 1.82) is 0 Å². The SMILES string of the molecule is Cc1ccc(S(=O)(=O)OC[C@@H]2O[C@H](COC(=O)c3ccccc3)[C@@H](OC(=O)c3ccccc3)[C@H]2O)cc1. The normalized spacial score (nSPS) is 21.4. The Labute approximate surface area is 214 Å². The molecule has 0 aliphatic carbocycles. The maximum absolute atomic E-state index is 12.7. The van der Waals surface area contributed by atoms with Gasteiger partial charge in [-0.1, -0.05) is 54.1 Å². The van der Waals surface area contributed by atoms with E-state index in [2.05, 4.69) is 0 Å². The van der Waals surface area contributed by atoms with Crippen molar-refractivity contribution in [1.82, 2.24) is 0 Å². The molecule has 3 aromatic carbocycles. The molecule has 10 heteroatoms. The van der Waals surface area contributed by atoms with E-state index in [1.807, 2.05) is 6.92 Å². The van der Waals surface area contributed by atoms with Gasteiger partial charge >= 0.3 is 11.9 Å². The zero-order chi connectivity index (χ0) is 26.4. The van der Waals surface area contributed by atoms with Crippen molar-refractivity contribution in [3.63, 3.8) is 0 Å². The molecule has 0 bridgehead atoms. The lowest BCUT2D eigenvalue weighted by atomic mass is 10.1. The predicted molar refractivity (Wildman–Crippen MR) is 131 cm³/mol. The Morgan fingerprint density at radius 3 is 1.97 bits per heavy atom. The highest BCUT2D eigenvalue weighted by Gasteiger charge is 2.47. The van der Waals surface area contributed by atoms with Crippen LogP contribution in [-0.2, 0) is 28.5 Å². The molecule has 3 aromatic rings. The van der Waals surface area contributed by atoms with Crippen LogP contribution >= 0.6 is 0 Å². The zero-order valence-electron chi connectivity index (χ0n) is 19.9. The van der Waals surface area contributed by atoms with Crippen molar-refractivity contribution in [3.8, 4) is 0 Å². The number of aliphatic hydroxyl groups excluding tert-OH is 1. The Balaban J connectivity index is 1.46. The molecule has 0 aromatic heterocycles. The molecular formula is C27H26O9S. The average molecular weight is 527 g/mol. The third-order valence-corrected chi connectivity index (χ3v) is 7.07. The Bertz CT molecular complexity index is 1310. The van der Waals surface area contributed by atoms with Crippen molar-refractivity contribution < 1.29 is 41.5 Å². The molecule has 0 amide bonds. The molecule has 1 aliphatic heterocycles. The minimum atomic E-state index is -4.13. The molecule has 0 radical (unpaired) electrons. The number of aliphatic hydroxyl groups is 1. The number of carbonyl (C=O) groups is 2. The monoisotopic (exact) mass is 526 g/mol. The third kappa shape index (κ3) is 6.60. The van der Waals surface area contributed by atoms with Crippen LogP contribution in [0.2, 0.25) is 0 Å². The van der Waals surface area contributed by atoms with E-state index in [1.54, 1.807) is 72.8 Å². The maximum atomic E-state index is 12.7. The van der Waals surface area contributed by atoms with Gasteiger partial charge < -0.3 is 19.3 Å². The molecule has 9 nitrogen and oxygen atoms in total. The van der Waals surface area contributed by atoms with E-state index in [0.717, 1.165) is 5.56 Å². The lowest BCUT2D eigenvalue weighted by Gasteiger charge is -2.21. The van der Waals surface area contributed by atoms with Crippen LogP contribution < -0.4 is 0 Å². The van der Waals surface area contributed by atoms with Gasteiger partial charge in [0.25, 0.3) is 10.1 Å². The van der Waals surface area contributed by atoms with Crippen molar-refractivity contribution in [2.24, 2.45) is 0 Å². The van der Waals surface area contributed by atoms with Crippen LogP contribution in [0.15, 0.2) is 89.8 Å². The van der Waals surface area contributed by atoms with E-state index >= 15 is 0 Å². The molecular weight excluding hydrogens is 500 g/mol. The molecule has 1 saturated heterocycles. The van der Waals surface area contributed by atoms with Crippen LogP contribution in [-0.4, -0.2) is 63.1 Å². The van der Waals surface area contributed by atoms with Crippen LogP contribution in [0, 0.1) is 6.92 Å². The molecule has 194 valence electrons. The van der Waals surface area contributed by atoms with Crippen LogP contribution in [0.4, 0.5) is 0 Å². The van der Waals surface area contributed by atoms with Crippen molar-refractivity contribution in [2.45, 2.75) is 36.2 Å². The smallest absolute Gasteiger partial charge is 0.338 e. The van der Waals surface area contributed by atoms with Gasteiger partial charge in [-0.2, -0.15) is 8.42 Å². The lowest BCUT2D eigenvalue weighted by molar-refractivity contribution is -0.0481. The number of hydrogen-bond donors (Lipinski definition) is 1. The standard InChI is InChI=1S/C27H26O9S/c1-18-12-14-21(15-13-18)37(31,32)34-17-22-24(28)25(36-27(30)20-10-6-3-7-11-20)23(35-22)16-33-26(29)19-8-4-2-5-9-19/h2-15,22-25,28H,16-17H2,1H3/t22-,23+,24-,25+/m0/s1. The fourth-order valence-electron chi connectivity index (χ4n) is 3.74. The molecule has 0 unspecified atom stereocenters. The largest absolute Gasteiger partial charge is 0.459 e. The summed E-state index contributed by atoms with van der Waals surface area (Å²) >= 11 is 0. The van der Waals surface area contributed by atoms with E-state index in [9.17, 15) is 23.1 Å². The molecule has 4 atom stereocenters. The van der Waals surface area contributed by atoms with Gasteiger partial charge in [0.15, 0.2) is 6.10 Å². The van der Waals surface area contributed by atoms with Gasteiger partial charge in [0.1, 0.15) is 24.9 Å². The van der Waals surface area contributed by atoms with Gasteiger partial charge in [-0.05, 0) is 43.3 Å². The third-order valence-electron chi connectivity index (χ3n) is 5.77. The van der Waals surface area contributed by atoms with Gasteiger partial charge in [-0.3, -0.25) is 4.18 Å². The summed E-state index contributed by atoms with van der Waals surface area (Å²) in [6, 6.07) is 22.5. The highest BCUT2D eigenvalue weighted by Crippen LogP contribution is 2.27. The van der Waals surface area contributed by atoms with Crippen LogP contribution in [0.3, 0.4) is 0 Å². The number of ether oxygens (including phenoxy) is 3. The number of aryl methyl sites for hydroxylation is 1. The lowest BCUT2D eigenvalue weighted by Crippen LogP contribution is -2.40. The summed E-state index contributed by atoms with van der Waals surface area (Å²) in [5.74, 6) is -1.35. The highest BCUT2D eigenvalue weighted by atomic mass is 32.2. The quantitative estimate of drug-likeness (QED) is 0.331. The summed E-state index contributed by atoms with van der Waals surface area (Å²) in [6.07, 6.45) is -4.92. The van der Waals surface area contributed by atoms with Gasteiger partial charge in [0, 0.05) is 0 Å². The highest BCUT2D eigenvalue weighted by molar-refractivity contribution is 7.86. The fraction of sp³-hybridized carbons (Fsp3) is 0.259. The molecule has 37 heavy (non-hydrogen) atoms. The molecule has 4 rings (SSSR count). The average Bonchev–Trinajstić information content (AvgIpc) is 3.21. The maximum Gasteiger partial charge on any atom is 0.338 e. The van der Waals surface area contributed by atoms with Crippen LogP contribution in [0.25, 0.3) is 0 Å². The van der Waals surface area contributed by atoms with Gasteiger partial charge in [0.2, 0.25) is 0 Å². The van der Waals surface area contributed by atoms with Crippen LogP contribution in [0.5, 0.6) is 0 Å². The minimum absolute atomic E-state index is 0.0500. The first kappa shape index (κ1) is 26.5. The summed E-state index contributed by atoms with van der Waals surface area (Å²) in [5.41, 5.74) is 1.43. The summed E-state index contributed by atoms with van der Waals surface area (Å²) < 4.78 is 46.9. The summed E-state index contributed by atoms with van der Waals surface area (Å²) in [5, 5.41) is 10.9. The molecule has 1 N–H and O–H groups in total. The summed E-state index contributed by atoms with van der Waals surface area (Å²) in [4.78, 5) is 25.0. The Kier molecular flexibility index (Phi) is 8.34. The first-order valence-electron chi connectivity index (χ1n) is 11.5. The molecule has 1 fully saturated rings. The molecule has 0 spiro atoms. The van der Waals surface area contributed by atoms with E-state index in [4.69, 9.17) is 18.4 Å². The Hall–Kier alpha value is -3.57. The molecule has 0 saturated carbocycles. The Morgan fingerprint density at radius 1 is 0.811 bits per heavy atom. The first-order valence-corrected chi connectivity index (χ1v) is 12.9. The van der Waals surface area contributed by atoms with Gasteiger partial charge in [-0.15, -0.1) is 0 Å². The van der Waals surface area contributed by atoms with Crippen molar-refractivity contribution >= 4 is 22.1 Å². The van der Waals surface area contributed by atoms with E-state index in [1.165, 1.54) is 12.1 Å². The van der Waals surface area contributed by atoms with Gasteiger partial charge in [0.05, 0.1) is 22.6 Å². The number of benzene rings is 3. The number of rotatable bonds is 9. The number of esters is 2. The predicted octanol–water partition coefficient (Wildman–Crippen LogP) is 2.91. The molecule has 1 aliphatic rings. The topological polar surface area (TPSA) is 125 Å². The van der Waals surface area contributed by atoms with E-state index in [0.29, 0.717) is 5.56 Å². The van der Waals surface area contributed by atoms with Crippen LogP contribution in [0.1, 0.15) is 26.3 Å². The Morgan fingerprint density at radius 2 is 1.38 bits per heavy atom. The first-order chi connectivity index (χ1) is 17.7. The van der Waals surface area contributed by atoms with Gasteiger partial charge in [-0.25, -0.2) is 9.59 Å². The second-order valence-electron chi connectivity index (χ2n) is 8.46. The molecule has 1 heterocycles. The van der Waals surface area contributed by atoms with Crippen molar-refractivity contribution in [3.05, 3.63) is 102 Å². The number of carbonyl (C=O) groups excluding carboxylic acids is 2. The second kappa shape index (κ2) is 11.7. The summed E-state index contributed by atoms with van der Waals surface area (Å²) in [6.45, 7) is 0.931. The fourth-order valence-corrected chi connectivity index (χ4v) is 4.66. The van der Waals surface area contributed by atoms with E-state index in [-0.39, 0.29) is 17.1 Å². The number of hydrogen-bond acceptors (Lipinski definition) is 9. The minimum Gasteiger partial charge on any atom is -0.459 e. The summed E-state index contributed by atoms with van der Waals surface area (Å²) in [7, 11) is -4.13. The van der Waals surface area contributed by atoms with E-state index < -0.39 is 53.1 Å². The second-order valence-corrected chi connectivity index (χ2v) is 10.1.